The van der Waals surface area contributed by atoms with Crippen LogP contribution in [0.4, 0.5) is 0 Å². The number of pyridine rings is 1. The SMILES string of the molecule is O=C(c1ccc2ncccc2c1)N1CCCCCC1. The van der Waals surface area contributed by atoms with E-state index in [2.05, 4.69) is 4.98 Å². The minimum Gasteiger partial charge on any atom is -0.339 e. The highest BCUT2D eigenvalue weighted by atomic mass is 16.2. The Balaban J connectivity index is 1.88. The fourth-order valence-electron chi connectivity index (χ4n) is 2.66. The normalized spacial score (nSPS) is 16.3. The number of nitrogens with zero attached hydrogens (tertiary/aromatic N) is 2. The van der Waals surface area contributed by atoms with Crippen molar-refractivity contribution in [3.63, 3.8) is 0 Å². The zero-order valence-electron chi connectivity index (χ0n) is 11.0. The number of likely N-dealkylation sites (tertiary alicyclic amines) is 1. The number of carbonyl (C=O) groups excluding carboxylic acids is 1. The summed E-state index contributed by atoms with van der Waals surface area (Å²) in [6.45, 7) is 1.79. The van der Waals surface area contributed by atoms with Crippen molar-refractivity contribution in [3.05, 3.63) is 42.1 Å². The molecular formula is C16H18N2O. The van der Waals surface area contributed by atoms with Crippen LogP contribution in [0, 0.1) is 0 Å². The van der Waals surface area contributed by atoms with Gasteiger partial charge in [-0.15, -0.1) is 0 Å². The third kappa shape index (κ3) is 2.60. The van der Waals surface area contributed by atoms with Crippen molar-refractivity contribution in [1.29, 1.82) is 0 Å². The number of hydrogen-bond acceptors (Lipinski definition) is 2. The van der Waals surface area contributed by atoms with E-state index in [0.717, 1.165) is 42.4 Å². The molecule has 1 amide bonds. The van der Waals surface area contributed by atoms with Crippen molar-refractivity contribution in [2.24, 2.45) is 0 Å². The second kappa shape index (κ2) is 5.39. The van der Waals surface area contributed by atoms with E-state index in [1.165, 1.54) is 12.8 Å². The van der Waals surface area contributed by atoms with Crippen LogP contribution in [-0.4, -0.2) is 28.9 Å². The Kier molecular flexibility index (Phi) is 3.45. The molecule has 2 aromatic rings. The van der Waals surface area contributed by atoms with E-state index in [1.54, 1.807) is 6.20 Å². The molecule has 1 aromatic carbocycles. The smallest absolute Gasteiger partial charge is 0.253 e. The van der Waals surface area contributed by atoms with Crippen LogP contribution in [0.5, 0.6) is 0 Å². The third-order valence-corrected chi connectivity index (χ3v) is 3.74. The van der Waals surface area contributed by atoms with Crippen LogP contribution in [0.2, 0.25) is 0 Å². The number of amides is 1. The number of aromatic nitrogens is 1. The first kappa shape index (κ1) is 12.2. The highest BCUT2D eigenvalue weighted by molar-refractivity contribution is 5.97. The van der Waals surface area contributed by atoms with Crippen molar-refractivity contribution in [1.82, 2.24) is 9.88 Å². The summed E-state index contributed by atoms with van der Waals surface area (Å²) in [5.41, 5.74) is 1.72. The molecule has 1 saturated heterocycles. The molecule has 1 aliphatic heterocycles. The summed E-state index contributed by atoms with van der Waals surface area (Å²) in [7, 11) is 0. The van der Waals surface area contributed by atoms with E-state index >= 15 is 0 Å². The van der Waals surface area contributed by atoms with E-state index in [4.69, 9.17) is 0 Å². The molecule has 0 spiro atoms. The largest absolute Gasteiger partial charge is 0.339 e. The van der Waals surface area contributed by atoms with Gasteiger partial charge in [-0.05, 0) is 37.1 Å². The average Bonchev–Trinajstić information content (AvgIpc) is 2.75. The third-order valence-electron chi connectivity index (χ3n) is 3.74. The Hall–Kier alpha value is -1.90. The van der Waals surface area contributed by atoms with Crippen molar-refractivity contribution >= 4 is 16.8 Å². The lowest BCUT2D eigenvalue weighted by molar-refractivity contribution is 0.0762. The first-order chi connectivity index (χ1) is 9.34. The standard InChI is InChI=1S/C16H18N2O/c19-16(18-10-3-1-2-4-11-18)14-7-8-15-13(12-14)6-5-9-17-15/h5-9,12H,1-4,10-11H2. The Bertz CT molecular complexity index is 586. The maximum atomic E-state index is 12.5. The number of benzene rings is 1. The molecule has 98 valence electrons. The van der Waals surface area contributed by atoms with E-state index in [-0.39, 0.29) is 5.91 Å². The van der Waals surface area contributed by atoms with Crippen molar-refractivity contribution in [2.75, 3.05) is 13.1 Å². The summed E-state index contributed by atoms with van der Waals surface area (Å²) in [4.78, 5) is 18.8. The van der Waals surface area contributed by atoms with E-state index < -0.39 is 0 Å². The zero-order chi connectivity index (χ0) is 13.1. The van der Waals surface area contributed by atoms with Crippen LogP contribution in [-0.2, 0) is 0 Å². The van der Waals surface area contributed by atoms with Gasteiger partial charge in [-0.2, -0.15) is 0 Å². The topological polar surface area (TPSA) is 33.2 Å². The molecule has 3 nitrogen and oxygen atoms in total. The van der Waals surface area contributed by atoms with Gasteiger partial charge in [0.1, 0.15) is 0 Å². The summed E-state index contributed by atoms with van der Waals surface area (Å²) < 4.78 is 0. The molecule has 19 heavy (non-hydrogen) atoms. The van der Waals surface area contributed by atoms with E-state index in [9.17, 15) is 4.79 Å². The van der Waals surface area contributed by atoms with E-state index in [0.29, 0.717) is 0 Å². The van der Waals surface area contributed by atoms with Crippen LogP contribution < -0.4 is 0 Å². The summed E-state index contributed by atoms with van der Waals surface area (Å²) in [5.74, 6) is 0.160. The maximum absolute atomic E-state index is 12.5. The van der Waals surface area contributed by atoms with Gasteiger partial charge < -0.3 is 4.90 Å². The van der Waals surface area contributed by atoms with Crippen LogP contribution in [0.3, 0.4) is 0 Å². The van der Waals surface area contributed by atoms with Gasteiger partial charge >= 0.3 is 0 Å². The minimum atomic E-state index is 0.160. The summed E-state index contributed by atoms with van der Waals surface area (Å²) in [5, 5.41) is 1.03. The molecule has 0 aliphatic carbocycles. The lowest BCUT2D eigenvalue weighted by Crippen LogP contribution is -2.31. The highest BCUT2D eigenvalue weighted by Gasteiger charge is 2.17. The molecule has 1 aliphatic rings. The van der Waals surface area contributed by atoms with Gasteiger partial charge in [0.15, 0.2) is 0 Å². The molecule has 2 heterocycles. The average molecular weight is 254 g/mol. The Labute approximate surface area is 113 Å². The fourth-order valence-corrected chi connectivity index (χ4v) is 2.66. The molecule has 3 heteroatoms. The zero-order valence-corrected chi connectivity index (χ0v) is 11.0. The first-order valence-corrected chi connectivity index (χ1v) is 6.99. The predicted molar refractivity (Wildman–Crippen MR) is 76.1 cm³/mol. The molecule has 0 atom stereocenters. The summed E-state index contributed by atoms with van der Waals surface area (Å²) in [6, 6.07) is 9.68. The van der Waals surface area contributed by atoms with Crippen molar-refractivity contribution in [3.8, 4) is 0 Å². The Morgan fingerprint density at radius 1 is 1.05 bits per heavy atom. The van der Waals surface area contributed by atoms with Crippen LogP contribution in [0.1, 0.15) is 36.0 Å². The van der Waals surface area contributed by atoms with Gasteiger partial charge in [-0.1, -0.05) is 18.9 Å². The number of carbonyl (C=O) groups is 1. The fraction of sp³-hybridized carbons (Fsp3) is 0.375. The van der Waals surface area contributed by atoms with Crippen LogP contribution in [0.25, 0.3) is 10.9 Å². The second-order valence-electron chi connectivity index (χ2n) is 5.12. The van der Waals surface area contributed by atoms with Gasteiger partial charge in [-0.25, -0.2) is 0 Å². The quantitative estimate of drug-likeness (QED) is 0.782. The number of rotatable bonds is 1. The molecule has 0 bridgehead atoms. The summed E-state index contributed by atoms with van der Waals surface area (Å²) >= 11 is 0. The Morgan fingerprint density at radius 2 is 1.84 bits per heavy atom. The van der Waals surface area contributed by atoms with Gasteiger partial charge in [0.25, 0.3) is 5.91 Å². The van der Waals surface area contributed by atoms with E-state index in [1.807, 2.05) is 35.2 Å². The molecule has 0 unspecified atom stereocenters. The monoisotopic (exact) mass is 254 g/mol. The molecule has 0 radical (unpaired) electrons. The first-order valence-electron chi connectivity index (χ1n) is 6.99. The predicted octanol–water partition coefficient (Wildman–Crippen LogP) is 3.25. The maximum Gasteiger partial charge on any atom is 0.253 e. The van der Waals surface area contributed by atoms with Gasteiger partial charge in [0, 0.05) is 30.2 Å². The lowest BCUT2D eigenvalue weighted by Gasteiger charge is -2.20. The highest BCUT2D eigenvalue weighted by Crippen LogP contribution is 2.17. The molecule has 1 aromatic heterocycles. The number of fused-ring (bicyclic) bond motifs is 1. The second-order valence-corrected chi connectivity index (χ2v) is 5.12. The molecule has 1 fully saturated rings. The van der Waals surface area contributed by atoms with Crippen LogP contribution in [0.15, 0.2) is 36.5 Å². The lowest BCUT2D eigenvalue weighted by atomic mass is 10.1. The van der Waals surface area contributed by atoms with Gasteiger partial charge in [0.05, 0.1) is 5.52 Å². The molecular weight excluding hydrogens is 236 g/mol. The number of hydrogen-bond donors (Lipinski definition) is 0. The Morgan fingerprint density at radius 3 is 2.63 bits per heavy atom. The minimum absolute atomic E-state index is 0.160. The van der Waals surface area contributed by atoms with Gasteiger partial charge in [-0.3, -0.25) is 9.78 Å². The molecule has 0 N–H and O–H groups in total. The van der Waals surface area contributed by atoms with Crippen molar-refractivity contribution in [2.45, 2.75) is 25.7 Å². The molecule has 0 saturated carbocycles. The van der Waals surface area contributed by atoms with Crippen molar-refractivity contribution < 1.29 is 4.79 Å². The van der Waals surface area contributed by atoms with Gasteiger partial charge in [0.2, 0.25) is 0 Å². The summed E-state index contributed by atoms with van der Waals surface area (Å²) in [6.07, 6.45) is 6.51. The van der Waals surface area contributed by atoms with Crippen LogP contribution >= 0.6 is 0 Å². The molecule has 3 rings (SSSR count).